The zero-order valence-electron chi connectivity index (χ0n) is 44.8. The summed E-state index contributed by atoms with van der Waals surface area (Å²) in [5.41, 5.74) is 0.740. The van der Waals surface area contributed by atoms with Crippen molar-refractivity contribution in [1.29, 1.82) is 0 Å². The van der Waals surface area contributed by atoms with Gasteiger partial charge in [0.25, 0.3) is 0 Å². The molecule has 2 heterocycles. The molecule has 424 valence electrons. The van der Waals surface area contributed by atoms with E-state index < -0.39 is 159 Å². The molecule has 0 aliphatic carbocycles. The number of amides is 4. The van der Waals surface area contributed by atoms with Gasteiger partial charge in [0.2, 0.25) is 23.6 Å². The van der Waals surface area contributed by atoms with Crippen molar-refractivity contribution in [3.05, 3.63) is 35.9 Å². The highest BCUT2D eigenvalue weighted by Gasteiger charge is 2.46. The van der Waals surface area contributed by atoms with Gasteiger partial charge in [-0.3, -0.25) is 24.1 Å². The molecular weight excluding hydrogens is 971 g/mol. The Morgan fingerprint density at radius 1 is 0.838 bits per heavy atom. The average Bonchev–Trinajstić information content (AvgIpc) is 3.85. The first-order chi connectivity index (χ1) is 34.8. The van der Waals surface area contributed by atoms with Crippen LogP contribution in [0.15, 0.2) is 30.3 Å². The lowest BCUT2D eigenvalue weighted by atomic mass is 9.89. The lowest BCUT2D eigenvalue weighted by Gasteiger charge is -2.41. The molecule has 2 saturated heterocycles. The summed E-state index contributed by atoms with van der Waals surface area (Å²) in [6, 6.07) is 4.50. The third-order valence-electron chi connectivity index (χ3n) is 14.7. The van der Waals surface area contributed by atoms with Crippen LogP contribution in [-0.2, 0) is 49.3 Å². The van der Waals surface area contributed by atoms with E-state index in [1.54, 1.807) is 70.8 Å². The first-order valence-electron chi connectivity index (χ1n) is 25.6. The fraction of sp³-hybridized carbons (Fsp3) is 0.784. The number of carbonyl (C=O) groups excluding carboxylic acids is 4. The van der Waals surface area contributed by atoms with Gasteiger partial charge in [-0.2, -0.15) is 0 Å². The van der Waals surface area contributed by atoms with Gasteiger partial charge >= 0.3 is 5.97 Å². The number of aliphatic hydroxyl groups excluding tert-OH is 8. The highest BCUT2D eigenvalue weighted by atomic mass is 16.7. The molecule has 0 spiro atoms. The molecule has 2 aliphatic rings. The summed E-state index contributed by atoms with van der Waals surface area (Å²) in [6.07, 6.45) is -15.7. The smallest absolute Gasteiger partial charge is 0.326 e. The zero-order valence-corrected chi connectivity index (χ0v) is 44.8. The molecule has 2 aliphatic heterocycles. The third-order valence-corrected chi connectivity index (χ3v) is 14.7. The van der Waals surface area contributed by atoms with Crippen LogP contribution < -0.4 is 10.6 Å². The minimum atomic E-state index is -2.02. The van der Waals surface area contributed by atoms with Crippen molar-refractivity contribution >= 4 is 29.6 Å². The quantitative estimate of drug-likeness (QED) is 0.0400. The first-order valence-corrected chi connectivity index (χ1v) is 25.6. The van der Waals surface area contributed by atoms with Crippen LogP contribution in [0.3, 0.4) is 0 Å². The summed E-state index contributed by atoms with van der Waals surface area (Å²) in [6.45, 7) is 11.0. The number of benzene rings is 1. The van der Waals surface area contributed by atoms with Gasteiger partial charge in [0.1, 0.15) is 54.8 Å². The van der Waals surface area contributed by atoms with E-state index in [0.29, 0.717) is 25.8 Å². The highest BCUT2D eigenvalue weighted by Crippen LogP contribution is 2.30. The van der Waals surface area contributed by atoms with Gasteiger partial charge in [-0.15, -0.1) is 0 Å². The number of likely N-dealkylation sites (N-methyl/N-ethyl adjacent to an activating group) is 2. The number of nitrogens with zero attached hydrogens (tertiary/aromatic N) is 3. The minimum Gasteiger partial charge on any atom is -0.480 e. The summed E-state index contributed by atoms with van der Waals surface area (Å²) in [7, 11) is 6.00. The summed E-state index contributed by atoms with van der Waals surface area (Å²) < 4.78 is 22.4. The maximum Gasteiger partial charge on any atom is 0.326 e. The van der Waals surface area contributed by atoms with Crippen LogP contribution in [0.25, 0.3) is 0 Å². The zero-order chi connectivity index (χ0) is 55.9. The van der Waals surface area contributed by atoms with E-state index in [1.165, 1.54) is 31.1 Å². The van der Waals surface area contributed by atoms with Gasteiger partial charge in [-0.05, 0) is 43.2 Å². The summed E-state index contributed by atoms with van der Waals surface area (Å²) >= 11 is 0. The summed E-state index contributed by atoms with van der Waals surface area (Å²) in [4.78, 5) is 73.7. The predicted octanol–water partition coefficient (Wildman–Crippen LogP) is -1.92. The second-order valence-corrected chi connectivity index (χ2v) is 20.7. The Morgan fingerprint density at radius 3 is 2.00 bits per heavy atom. The second kappa shape index (κ2) is 30.1. The van der Waals surface area contributed by atoms with Crippen molar-refractivity contribution in [1.82, 2.24) is 25.3 Å². The number of hydrogen-bond acceptors (Lipinski definition) is 18. The van der Waals surface area contributed by atoms with Crippen LogP contribution in [0.2, 0.25) is 0 Å². The first kappa shape index (κ1) is 64.3. The molecule has 2 fully saturated rings. The Morgan fingerprint density at radius 2 is 1.46 bits per heavy atom. The van der Waals surface area contributed by atoms with Crippen LogP contribution in [0.4, 0.5) is 0 Å². The van der Waals surface area contributed by atoms with E-state index >= 15 is 0 Å². The standard InChI is InChI=1S/C51H87N5O18/c1-12-28(6)40(35(71-10)22-37(60)56-20-16-19-32(56)46(72-11)29(7)47(66)52-31(50(69)70)21-30-17-14-13-15-18-30)55(9)49(68)38(26(2)3)53-48(67)39(27(4)5)54(8)23-33(58)41(61)42(62)34(59)25-73-51-45(65)44(64)43(63)36(24-57)74-51/h13-15,17-18,26-29,31-36,38-46,51,57-59,61-65H,12,16,19-25H2,1-11H3,(H,52,66)(H,53,67)(H,69,70)/t28-,29+,31-,32-,33+,34+,35+,36+,38-,39-,40-,41-,42+,43-,44-,45+,46+,51+/m0/s1. The monoisotopic (exact) mass is 1060 g/mol. The molecule has 0 unspecified atom stereocenters. The number of carboxylic acid groups (broad SMARTS) is 1. The summed E-state index contributed by atoms with van der Waals surface area (Å²) in [5.74, 6) is -4.95. The Bertz CT molecular complexity index is 1900. The molecule has 18 atom stereocenters. The van der Waals surface area contributed by atoms with Crippen molar-refractivity contribution in [2.75, 3.05) is 54.6 Å². The third kappa shape index (κ3) is 16.8. The van der Waals surface area contributed by atoms with Crippen molar-refractivity contribution in [2.24, 2.45) is 23.7 Å². The minimum absolute atomic E-state index is 0.0764. The number of rotatable bonds is 30. The highest BCUT2D eigenvalue weighted by molar-refractivity contribution is 5.90. The summed E-state index contributed by atoms with van der Waals surface area (Å²) in [5, 5.41) is 98.5. The number of carboxylic acids is 1. The van der Waals surface area contributed by atoms with Gasteiger partial charge < -0.3 is 85.3 Å². The van der Waals surface area contributed by atoms with Gasteiger partial charge in [-0.1, -0.05) is 85.2 Å². The average molecular weight is 1060 g/mol. The SMILES string of the molecule is CC[C@H](C)[C@@H]([C@@H](CC(=O)N1CCC[C@H]1[C@H](OC)[C@@H](C)C(=O)N[C@@H](Cc1ccccc1)C(=O)O)OC)N(C)C(=O)[C@@H](NC(=O)[C@H](C(C)C)N(C)C[C@@H](O)[C@H](O)[C@H](O)[C@H](O)CO[C@@H]1O[C@H](CO)[C@H](O)[C@H](O)[C@H]1O)C(C)C. The van der Waals surface area contributed by atoms with Crippen LogP contribution in [0.5, 0.6) is 0 Å². The molecular formula is C51H87N5O18. The Hall–Kier alpha value is -3.95. The van der Waals surface area contributed by atoms with Crippen molar-refractivity contribution in [3.8, 4) is 0 Å². The van der Waals surface area contributed by atoms with Crippen molar-refractivity contribution < 1.29 is 88.9 Å². The fourth-order valence-corrected chi connectivity index (χ4v) is 10.1. The molecule has 1 aromatic rings. The molecule has 0 aromatic heterocycles. The van der Waals surface area contributed by atoms with E-state index in [0.717, 1.165) is 5.56 Å². The molecule has 0 bridgehead atoms. The number of aliphatic carboxylic acids is 1. The van der Waals surface area contributed by atoms with E-state index in [2.05, 4.69) is 10.6 Å². The molecule has 3 rings (SSSR count). The van der Waals surface area contributed by atoms with Crippen LogP contribution in [0, 0.1) is 23.7 Å². The lowest BCUT2D eigenvalue weighted by molar-refractivity contribution is -0.306. The van der Waals surface area contributed by atoms with Gasteiger partial charge in [0, 0.05) is 40.8 Å². The Kier molecular flexibility index (Phi) is 26.2. The number of methoxy groups -OCH3 is 2. The molecule has 4 amide bonds. The van der Waals surface area contributed by atoms with E-state index in [9.17, 15) is 69.9 Å². The van der Waals surface area contributed by atoms with Gasteiger partial charge in [0.05, 0.1) is 62.0 Å². The van der Waals surface area contributed by atoms with Gasteiger partial charge in [0.15, 0.2) is 6.29 Å². The largest absolute Gasteiger partial charge is 0.480 e. The number of hydrogen-bond donors (Lipinski definition) is 11. The molecule has 23 nitrogen and oxygen atoms in total. The number of likely N-dealkylation sites (tertiary alicyclic amines) is 1. The topological polar surface area (TPSA) is 338 Å². The molecule has 23 heteroatoms. The van der Waals surface area contributed by atoms with Crippen LogP contribution >= 0.6 is 0 Å². The van der Waals surface area contributed by atoms with Crippen LogP contribution in [0.1, 0.15) is 79.7 Å². The normalized spacial score (nSPS) is 25.2. The molecule has 1 aromatic carbocycles. The predicted molar refractivity (Wildman–Crippen MR) is 268 cm³/mol. The Balaban J connectivity index is 1.72. The lowest BCUT2D eigenvalue weighted by Crippen LogP contribution is -2.60. The van der Waals surface area contributed by atoms with E-state index in [1.807, 2.05) is 19.9 Å². The van der Waals surface area contributed by atoms with Gasteiger partial charge in [-0.25, -0.2) is 4.79 Å². The molecule has 0 radical (unpaired) electrons. The molecule has 74 heavy (non-hydrogen) atoms. The number of ether oxygens (including phenoxy) is 4. The van der Waals surface area contributed by atoms with E-state index in [-0.39, 0.29) is 24.7 Å². The second-order valence-electron chi connectivity index (χ2n) is 20.7. The molecule has 0 saturated carbocycles. The maximum absolute atomic E-state index is 14.7. The number of carbonyl (C=O) groups is 5. The maximum atomic E-state index is 14.7. The number of aliphatic hydroxyl groups is 8. The fourth-order valence-electron chi connectivity index (χ4n) is 10.1. The van der Waals surface area contributed by atoms with Crippen molar-refractivity contribution in [3.63, 3.8) is 0 Å². The number of nitrogens with one attached hydrogen (secondary N) is 2. The van der Waals surface area contributed by atoms with Crippen LogP contribution in [-0.4, -0.2) is 242 Å². The van der Waals surface area contributed by atoms with E-state index in [4.69, 9.17) is 18.9 Å². The molecule has 11 N–H and O–H groups in total. The Labute approximate surface area is 435 Å². The van der Waals surface area contributed by atoms with Crippen molar-refractivity contribution in [2.45, 2.75) is 178 Å².